The van der Waals surface area contributed by atoms with E-state index in [9.17, 15) is 0 Å². The first-order valence-corrected chi connectivity index (χ1v) is 8.64. The number of nitrogens with one attached hydrogen (secondary N) is 1. The van der Waals surface area contributed by atoms with E-state index in [0.717, 1.165) is 25.7 Å². The summed E-state index contributed by atoms with van der Waals surface area (Å²) in [5, 5.41) is 3.69. The van der Waals surface area contributed by atoms with Crippen LogP contribution in [0.25, 0.3) is 0 Å². The Kier molecular flexibility index (Phi) is 9.47. The number of likely N-dealkylation sites (tertiary alicyclic amines) is 1. The first kappa shape index (κ1) is 15.9. The molecule has 0 spiro atoms. The van der Waals surface area contributed by atoms with Crippen molar-refractivity contribution in [2.24, 2.45) is 0 Å². The number of unbranched alkanes of at least 4 members (excludes halogenated alkanes) is 3. The van der Waals surface area contributed by atoms with Gasteiger partial charge in [0.2, 0.25) is 0 Å². The molecule has 104 valence electrons. The molecular weight excluding hydrogens is 240 g/mol. The standard InChI is InChI=1S/C15H28N2S/c1-3-11-17-12-8-15(9-13-17)16-10-6-4-5-7-14-18-2/h1,15-16H,4-14H2,2H3. The Labute approximate surface area is 117 Å². The summed E-state index contributed by atoms with van der Waals surface area (Å²) in [4.78, 5) is 2.38. The van der Waals surface area contributed by atoms with E-state index in [1.165, 1.54) is 50.8 Å². The Morgan fingerprint density at radius 3 is 2.61 bits per heavy atom. The van der Waals surface area contributed by atoms with Crippen LogP contribution < -0.4 is 5.32 Å². The van der Waals surface area contributed by atoms with Gasteiger partial charge in [-0.05, 0) is 44.2 Å². The lowest BCUT2D eigenvalue weighted by molar-refractivity contribution is 0.218. The summed E-state index contributed by atoms with van der Waals surface area (Å²) >= 11 is 1.96. The van der Waals surface area contributed by atoms with Crippen molar-refractivity contribution in [2.45, 2.75) is 44.6 Å². The monoisotopic (exact) mass is 268 g/mol. The van der Waals surface area contributed by atoms with Crippen LogP contribution in [-0.4, -0.2) is 49.1 Å². The van der Waals surface area contributed by atoms with E-state index >= 15 is 0 Å². The predicted molar refractivity (Wildman–Crippen MR) is 83.1 cm³/mol. The van der Waals surface area contributed by atoms with Gasteiger partial charge in [0.1, 0.15) is 0 Å². The van der Waals surface area contributed by atoms with E-state index in [1.807, 2.05) is 11.8 Å². The SMILES string of the molecule is C#CCN1CCC(NCCCCCCSC)CC1. The van der Waals surface area contributed by atoms with E-state index in [2.05, 4.69) is 22.4 Å². The Morgan fingerprint density at radius 1 is 1.22 bits per heavy atom. The smallest absolute Gasteiger partial charge is 0.0598 e. The lowest BCUT2D eigenvalue weighted by atomic mass is 10.0. The third-order valence-corrected chi connectivity index (χ3v) is 4.31. The molecule has 0 atom stereocenters. The minimum Gasteiger partial charge on any atom is -0.314 e. The van der Waals surface area contributed by atoms with Crippen LogP contribution in [0, 0.1) is 12.3 Å². The molecule has 0 bridgehead atoms. The molecule has 1 heterocycles. The van der Waals surface area contributed by atoms with Crippen molar-refractivity contribution < 1.29 is 0 Å². The molecule has 3 heteroatoms. The molecule has 18 heavy (non-hydrogen) atoms. The van der Waals surface area contributed by atoms with Gasteiger partial charge in [-0.15, -0.1) is 6.42 Å². The normalized spacial score (nSPS) is 17.8. The van der Waals surface area contributed by atoms with Gasteiger partial charge in [-0.2, -0.15) is 11.8 Å². The summed E-state index contributed by atoms with van der Waals surface area (Å²) in [5.41, 5.74) is 0. The van der Waals surface area contributed by atoms with Crippen LogP contribution in [0.2, 0.25) is 0 Å². The number of piperidine rings is 1. The number of hydrogen-bond acceptors (Lipinski definition) is 3. The fourth-order valence-electron chi connectivity index (χ4n) is 2.46. The predicted octanol–water partition coefficient (Wildman–Crippen LogP) is 2.60. The fraction of sp³-hybridized carbons (Fsp3) is 0.867. The van der Waals surface area contributed by atoms with Gasteiger partial charge in [0, 0.05) is 19.1 Å². The van der Waals surface area contributed by atoms with E-state index in [1.54, 1.807) is 0 Å². The molecule has 0 unspecified atom stereocenters. The zero-order chi connectivity index (χ0) is 13.1. The van der Waals surface area contributed by atoms with Crippen LogP contribution in [0.4, 0.5) is 0 Å². The second kappa shape index (κ2) is 10.7. The van der Waals surface area contributed by atoms with Gasteiger partial charge in [-0.3, -0.25) is 4.90 Å². The molecule has 1 rings (SSSR count). The Balaban J connectivity index is 1.90. The lowest BCUT2D eigenvalue weighted by Crippen LogP contribution is -2.42. The number of terminal acetylenes is 1. The Bertz CT molecular complexity index is 229. The van der Waals surface area contributed by atoms with Crippen molar-refractivity contribution >= 4 is 11.8 Å². The van der Waals surface area contributed by atoms with Gasteiger partial charge in [0.25, 0.3) is 0 Å². The largest absolute Gasteiger partial charge is 0.314 e. The van der Waals surface area contributed by atoms with Crippen molar-refractivity contribution in [2.75, 3.05) is 38.2 Å². The molecule has 1 saturated heterocycles. The van der Waals surface area contributed by atoms with Gasteiger partial charge in [-0.25, -0.2) is 0 Å². The third kappa shape index (κ3) is 7.31. The van der Waals surface area contributed by atoms with Crippen molar-refractivity contribution in [3.05, 3.63) is 0 Å². The number of thioether (sulfide) groups is 1. The highest BCUT2D eigenvalue weighted by atomic mass is 32.2. The van der Waals surface area contributed by atoms with Crippen LogP contribution >= 0.6 is 11.8 Å². The second-order valence-electron chi connectivity index (χ2n) is 5.12. The van der Waals surface area contributed by atoms with Gasteiger partial charge in [0.05, 0.1) is 6.54 Å². The van der Waals surface area contributed by atoms with Gasteiger partial charge < -0.3 is 5.32 Å². The molecule has 0 saturated carbocycles. The number of hydrogen-bond donors (Lipinski definition) is 1. The van der Waals surface area contributed by atoms with E-state index < -0.39 is 0 Å². The third-order valence-electron chi connectivity index (χ3n) is 3.61. The van der Waals surface area contributed by atoms with E-state index in [4.69, 9.17) is 6.42 Å². The summed E-state index contributed by atoms with van der Waals surface area (Å²) in [7, 11) is 0. The molecule has 1 fully saturated rings. The Morgan fingerprint density at radius 2 is 1.94 bits per heavy atom. The van der Waals surface area contributed by atoms with Crippen LogP contribution in [-0.2, 0) is 0 Å². The summed E-state index contributed by atoms with van der Waals surface area (Å²) in [6.07, 6.45) is 15.5. The second-order valence-corrected chi connectivity index (χ2v) is 6.10. The Hall–Kier alpha value is -0.170. The molecule has 0 radical (unpaired) electrons. The lowest BCUT2D eigenvalue weighted by Gasteiger charge is -2.31. The summed E-state index contributed by atoms with van der Waals surface area (Å²) in [6.45, 7) is 4.34. The zero-order valence-electron chi connectivity index (χ0n) is 11.8. The highest BCUT2D eigenvalue weighted by Crippen LogP contribution is 2.10. The minimum atomic E-state index is 0.727. The van der Waals surface area contributed by atoms with Crippen molar-refractivity contribution in [3.8, 4) is 12.3 Å². The molecule has 0 aromatic heterocycles. The summed E-state index contributed by atoms with van der Waals surface area (Å²) in [6, 6.07) is 0.727. The molecule has 2 nitrogen and oxygen atoms in total. The highest BCUT2D eigenvalue weighted by Gasteiger charge is 2.17. The van der Waals surface area contributed by atoms with Gasteiger partial charge in [0.15, 0.2) is 0 Å². The van der Waals surface area contributed by atoms with Gasteiger partial charge >= 0.3 is 0 Å². The zero-order valence-corrected chi connectivity index (χ0v) is 12.6. The average molecular weight is 268 g/mol. The fourth-order valence-corrected chi connectivity index (χ4v) is 2.95. The van der Waals surface area contributed by atoms with Crippen molar-refractivity contribution in [1.82, 2.24) is 10.2 Å². The van der Waals surface area contributed by atoms with Crippen LogP contribution in [0.1, 0.15) is 38.5 Å². The van der Waals surface area contributed by atoms with Crippen molar-refractivity contribution in [1.29, 1.82) is 0 Å². The van der Waals surface area contributed by atoms with Crippen LogP contribution in [0.15, 0.2) is 0 Å². The topological polar surface area (TPSA) is 15.3 Å². The first-order valence-electron chi connectivity index (χ1n) is 7.25. The molecule has 0 amide bonds. The molecule has 0 aromatic carbocycles. The molecule has 0 aromatic rings. The van der Waals surface area contributed by atoms with Crippen LogP contribution in [0.3, 0.4) is 0 Å². The summed E-state index contributed by atoms with van der Waals surface area (Å²) in [5.74, 6) is 4.05. The number of rotatable bonds is 9. The van der Waals surface area contributed by atoms with E-state index in [-0.39, 0.29) is 0 Å². The maximum absolute atomic E-state index is 5.33. The molecular formula is C15H28N2S. The van der Waals surface area contributed by atoms with Gasteiger partial charge in [-0.1, -0.05) is 18.8 Å². The van der Waals surface area contributed by atoms with Crippen LogP contribution in [0.5, 0.6) is 0 Å². The quantitative estimate of drug-likeness (QED) is 0.511. The molecule has 0 aliphatic carbocycles. The number of nitrogens with zero attached hydrogens (tertiary/aromatic N) is 1. The van der Waals surface area contributed by atoms with Crippen molar-refractivity contribution in [3.63, 3.8) is 0 Å². The minimum absolute atomic E-state index is 0.727. The average Bonchev–Trinajstić information content (AvgIpc) is 2.40. The molecule has 1 aliphatic heterocycles. The molecule has 1 aliphatic rings. The highest BCUT2D eigenvalue weighted by molar-refractivity contribution is 7.98. The maximum Gasteiger partial charge on any atom is 0.0598 e. The van der Waals surface area contributed by atoms with E-state index in [0.29, 0.717) is 0 Å². The first-order chi connectivity index (χ1) is 8.86. The summed E-state index contributed by atoms with van der Waals surface area (Å²) < 4.78 is 0. The maximum atomic E-state index is 5.33. The molecule has 1 N–H and O–H groups in total.